The first kappa shape index (κ1) is 12.6. The van der Waals surface area contributed by atoms with E-state index in [1.54, 1.807) is 0 Å². The van der Waals surface area contributed by atoms with Crippen LogP contribution < -0.4 is 11.3 Å². The SMILES string of the molecule is NNC(CCCc1ccccc1)C1CCCC1. The van der Waals surface area contributed by atoms with Crippen molar-refractivity contribution in [3.63, 3.8) is 0 Å². The minimum atomic E-state index is 0.529. The molecule has 2 nitrogen and oxygen atoms in total. The van der Waals surface area contributed by atoms with E-state index in [1.807, 2.05) is 0 Å². The molecule has 0 amide bonds. The predicted molar refractivity (Wildman–Crippen MR) is 72.4 cm³/mol. The van der Waals surface area contributed by atoms with Crippen LogP contribution in [0.3, 0.4) is 0 Å². The summed E-state index contributed by atoms with van der Waals surface area (Å²) in [5.41, 5.74) is 4.47. The van der Waals surface area contributed by atoms with Crippen LogP contribution in [0.4, 0.5) is 0 Å². The van der Waals surface area contributed by atoms with Crippen molar-refractivity contribution in [2.45, 2.75) is 51.0 Å². The summed E-state index contributed by atoms with van der Waals surface area (Å²) < 4.78 is 0. The highest BCUT2D eigenvalue weighted by Gasteiger charge is 2.23. The Labute approximate surface area is 105 Å². The molecule has 1 aromatic carbocycles. The molecule has 94 valence electrons. The molecule has 1 unspecified atom stereocenters. The van der Waals surface area contributed by atoms with Gasteiger partial charge < -0.3 is 0 Å². The van der Waals surface area contributed by atoms with Crippen LogP contribution >= 0.6 is 0 Å². The van der Waals surface area contributed by atoms with E-state index < -0.39 is 0 Å². The number of benzene rings is 1. The smallest absolute Gasteiger partial charge is 0.0238 e. The topological polar surface area (TPSA) is 38.0 Å². The molecule has 0 spiro atoms. The second kappa shape index (κ2) is 6.77. The van der Waals surface area contributed by atoms with Gasteiger partial charge in [0.05, 0.1) is 0 Å². The first-order chi connectivity index (χ1) is 8.40. The van der Waals surface area contributed by atoms with Crippen LogP contribution in [0.1, 0.15) is 44.1 Å². The quantitative estimate of drug-likeness (QED) is 0.584. The summed E-state index contributed by atoms with van der Waals surface area (Å²) >= 11 is 0. The summed E-state index contributed by atoms with van der Waals surface area (Å²) in [6, 6.07) is 11.3. The number of rotatable bonds is 6. The summed E-state index contributed by atoms with van der Waals surface area (Å²) in [5.74, 6) is 6.50. The van der Waals surface area contributed by atoms with Crippen molar-refractivity contribution in [2.24, 2.45) is 11.8 Å². The van der Waals surface area contributed by atoms with Gasteiger partial charge in [-0.15, -0.1) is 0 Å². The normalized spacial score (nSPS) is 18.4. The summed E-state index contributed by atoms with van der Waals surface area (Å²) in [6.07, 6.45) is 9.11. The maximum Gasteiger partial charge on any atom is 0.0238 e. The van der Waals surface area contributed by atoms with E-state index >= 15 is 0 Å². The molecule has 1 fully saturated rings. The molecule has 1 aromatic rings. The molecule has 0 radical (unpaired) electrons. The maximum absolute atomic E-state index is 5.68. The minimum Gasteiger partial charge on any atom is -0.271 e. The number of aryl methyl sites for hydroxylation is 1. The first-order valence-electron chi connectivity index (χ1n) is 6.90. The van der Waals surface area contributed by atoms with E-state index in [9.17, 15) is 0 Å². The van der Waals surface area contributed by atoms with Crippen LogP contribution in [-0.4, -0.2) is 6.04 Å². The molecule has 1 aliphatic rings. The summed E-state index contributed by atoms with van der Waals surface area (Å²) in [6.45, 7) is 0. The van der Waals surface area contributed by atoms with Crippen LogP contribution in [-0.2, 0) is 6.42 Å². The van der Waals surface area contributed by atoms with Crippen molar-refractivity contribution in [3.8, 4) is 0 Å². The standard InChI is InChI=1S/C15H24N2/c16-17-15(14-10-4-5-11-14)12-6-9-13-7-2-1-3-8-13/h1-3,7-8,14-15,17H,4-6,9-12,16H2. The average molecular weight is 232 g/mol. The van der Waals surface area contributed by atoms with Gasteiger partial charge in [0.25, 0.3) is 0 Å². The van der Waals surface area contributed by atoms with E-state index in [-0.39, 0.29) is 0 Å². The largest absolute Gasteiger partial charge is 0.271 e. The van der Waals surface area contributed by atoms with Gasteiger partial charge in [-0.3, -0.25) is 11.3 Å². The van der Waals surface area contributed by atoms with Gasteiger partial charge in [-0.25, -0.2) is 0 Å². The molecule has 0 aromatic heterocycles. The van der Waals surface area contributed by atoms with Crippen LogP contribution in [0.15, 0.2) is 30.3 Å². The molecule has 0 heterocycles. The van der Waals surface area contributed by atoms with Crippen LogP contribution in [0.5, 0.6) is 0 Å². The Hall–Kier alpha value is -0.860. The molecule has 0 aliphatic heterocycles. The Bertz CT molecular complexity index is 304. The van der Waals surface area contributed by atoms with Crippen molar-refractivity contribution in [1.82, 2.24) is 5.43 Å². The molecular weight excluding hydrogens is 208 g/mol. The highest BCUT2D eigenvalue weighted by molar-refractivity contribution is 5.14. The highest BCUT2D eigenvalue weighted by Crippen LogP contribution is 2.29. The van der Waals surface area contributed by atoms with E-state index in [1.165, 1.54) is 50.5 Å². The lowest BCUT2D eigenvalue weighted by Gasteiger charge is -2.22. The number of nitrogens with one attached hydrogen (secondary N) is 1. The van der Waals surface area contributed by atoms with Crippen molar-refractivity contribution < 1.29 is 0 Å². The minimum absolute atomic E-state index is 0.529. The van der Waals surface area contributed by atoms with Crippen molar-refractivity contribution in [1.29, 1.82) is 0 Å². The van der Waals surface area contributed by atoms with Gasteiger partial charge in [0.2, 0.25) is 0 Å². The van der Waals surface area contributed by atoms with Crippen molar-refractivity contribution in [2.75, 3.05) is 0 Å². The van der Waals surface area contributed by atoms with E-state index in [2.05, 4.69) is 35.8 Å². The summed E-state index contributed by atoms with van der Waals surface area (Å²) in [7, 11) is 0. The number of hydrogen-bond acceptors (Lipinski definition) is 2. The third-order valence-electron chi connectivity index (χ3n) is 4.01. The van der Waals surface area contributed by atoms with E-state index in [4.69, 9.17) is 5.84 Å². The Kier molecular flexibility index (Phi) is 5.02. The molecule has 3 N–H and O–H groups in total. The Morgan fingerprint density at radius 2 is 1.88 bits per heavy atom. The molecule has 1 atom stereocenters. The zero-order chi connectivity index (χ0) is 11.9. The van der Waals surface area contributed by atoms with Gasteiger partial charge in [-0.2, -0.15) is 0 Å². The summed E-state index contributed by atoms with van der Waals surface area (Å²) in [5, 5.41) is 0. The average Bonchev–Trinajstić information content (AvgIpc) is 2.90. The third kappa shape index (κ3) is 3.83. The molecule has 0 saturated heterocycles. The van der Waals surface area contributed by atoms with Crippen molar-refractivity contribution >= 4 is 0 Å². The predicted octanol–water partition coefficient (Wildman–Crippen LogP) is 3.03. The third-order valence-corrected chi connectivity index (χ3v) is 4.01. The molecule has 1 aliphatic carbocycles. The lowest BCUT2D eigenvalue weighted by atomic mass is 9.93. The fourth-order valence-corrected chi connectivity index (χ4v) is 2.99. The highest BCUT2D eigenvalue weighted by atomic mass is 15.2. The monoisotopic (exact) mass is 232 g/mol. The zero-order valence-corrected chi connectivity index (χ0v) is 10.6. The van der Waals surface area contributed by atoms with Gasteiger partial charge in [-0.1, -0.05) is 43.2 Å². The number of hydrogen-bond donors (Lipinski definition) is 2. The Morgan fingerprint density at radius 1 is 1.18 bits per heavy atom. The van der Waals surface area contributed by atoms with Gasteiger partial charge in [0.15, 0.2) is 0 Å². The molecule has 2 heteroatoms. The molecule has 17 heavy (non-hydrogen) atoms. The fourth-order valence-electron chi connectivity index (χ4n) is 2.99. The number of hydrazine groups is 1. The van der Waals surface area contributed by atoms with Crippen LogP contribution in [0.25, 0.3) is 0 Å². The second-order valence-corrected chi connectivity index (χ2v) is 5.20. The second-order valence-electron chi connectivity index (χ2n) is 5.20. The molecular formula is C15H24N2. The van der Waals surface area contributed by atoms with E-state index in [0.717, 1.165) is 5.92 Å². The summed E-state index contributed by atoms with van der Waals surface area (Å²) in [4.78, 5) is 0. The molecule has 0 bridgehead atoms. The molecule has 2 rings (SSSR count). The van der Waals surface area contributed by atoms with Gasteiger partial charge in [-0.05, 0) is 43.6 Å². The lowest BCUT2D eigenvalue weighted by molar-refractivity contribution is 0.338. The van der Waals surface area contributed by atoms with E-state index in [0.29, 0.717) is 6.04 Å². The van der Waals surface area contributed by atoms with Crippen LogP contribution in [0, 0.1) is 5.92 Å². The fraction of sp³-hybridized carbons (Fsp3) is 0.600. The van der Waals surface area contributed by atoms with Crippen molar-refractivity contribution in [3.05, 3.63) is 35.9 Å². The van der Waals surface area contributed by atoms with Gasteiger partial charge >= 0.3 is 0 Å². The maximum atomic E-state index is 5.68. The Morgan fingerprint density at radius 3 is 2.53 bits per heavy atom. The first-order valence-corrected chi connectivity index (χ1v) is 6.90. The Balaban J connectivity index is 1.72. The van der Waals surface area contributed by atoms with Gasteiger partial charge in [0.1, 0.15) is 0 Å². The molecule has 1 saturated carbocycles. The lowest BCUT2D eigenvalue weighted by Crippen LogP contribution is -2.40. The van der Waals surface area contributed by atoms with Crippen LogP contribution in [0.2, 0.25) is 0 Å². The zero-order valence-electron chi connectivity index (χ0n) is 10.6. The number of nitrogens with two attached hydrogens (primary N) is 1. The van der Waals surface area contributed by atoms with Gasteiger partial charge in [0, 0.05) is 6.04 Å².